The predicted molar refractivity (Wildman–Crippen MR) is 217 cm³/mol. The summed E-state index contributed by atoms with van der Waals surface area (Å²) in [4.78, 5) is 10.6. The molecule has 0 fully saturated rings. The lowest BCUT2D eigenvalue weighted by Gasteiger charge is -2.22. The van der Waals surface area contributed by atoms with Crippen LogP contribution < -0.4 is 4.74 Å². The average Bonchev–Trinajstić information content (AvgIpc) is 3.73. The minimum atomic E-state index is 0.639. The summed E-state index contributed by atoms with van der Waals surface area (Å²) in [5.41, 5.74) is 10.7. The lowest BCUT2D eigenvalue weighted by atomic mass is 9.98. The number of rotatable bonds is 3. The third-order valence-electron chi connectivity index (χ3n) is 10.9. The van der Waals surface area contributed by atoms with Crippen molar-refractivity contribution in [1.29, 1.82) is 0 Å². The van der Waals surface area contributed by atoms with E-state index in [1.807, 2.05) is 12.1 Å². The second-order valence-corrected chi connectivity index (χ2v) is 13.8. The number of para-hydroxylation sites is 3. The number of hydrogen-bond acceptors (Lipinski definition) is 3. The summed E-state index contributed by atoms with van der Waals surface area (Å²) in [7, 11) is 0. The van der Waals surface area contributed by atoms with Crippen LogP contribution >= 0.6 is 0 Å². The highest BCUT2D eigenvalue weighted by Gasteiger charge is 2.26. The van der Waals surface area contributed by atoms with E-state index in [-0.39, 0.29) is 0 Å². The second kappa shape index (κ2) is 10.6. The summed E-state index contributed by atoms with van der Waals surface area (Å²) >= 11 is 0. The van der Waals surface area contributed by atoms with Gasteiger partial charge in [0.15, 0.2) is 0 Å². The van der Waals surface area contributed by atoms with Gasteiger partial charge < -0.3 is 9.30 Å². The summed E-state index contributed by atoms with van der Waals surface area (Å²) in [6, 6.07) is 60.2. The maximum absolute atomic E-state index is 6.58. The molecule has 0 aliphatic carbocycles. The maximum Gasteiger partial charge on any atom is 0.235 e. The van der Waals surface area contributed by atoms with Crippen molar-refractivity contribution >= 4 is 65.3 Å². The zero-order chi connectivity index (χ0) is 34.6. The van der Waals surface area contributed by atoms with Gasteiger partial charge in [-0.1, -0.05) is 103 Å². The molecule has 3 aromatic heterocycles. The molecule has 0 atom stereocenters. The molecule has 8 aromatic carbocycles. The van der Waals surface area contributed by atoms with Gasteiger partial charge in [-0.25, -0.2) is 9.97 Å². The number of hydrogen-bond donors (Lipinski definition) is 0. The van der Waals surface area contributed by atoms with Crippen LogP contribution in [0.25, 0.3) is 99.3 Å². The third kappa shape index (κ3) is 4.02. The molecule has 0 N–H and O–H groups in total. The molecule has 0 unspecified atom stereocenters. The molecule has 0 bridgehead atoms. The first-order valence-corrected chi connectivity index (χ1v) is 17.9. The fraction of sp³-hybridized carbons (Fsp3) is 0. The molecule has 0 spiro atoms. The summed E-state index contributed by atoms with van der Waals surface area (Å²) in [6.45, 7) is 0. The van der Waals surface area contributed by atoms with Crippen LogP contribution in [-0.4, -0.2) is 19.1 Å². The molecule has 11 aromatic rings. The Kier molecular flexibility index (Phi) is 5.71. The molecule has 246 valence electrons. The van der Waals surface area contributed by atoms with Crippen molar-refractivity contribution in [2.24, 2.45) is 0 Å². The SMILES string of the molecule is c1ccc(-n2c3ccccc3c3cc(-c4ccc5c(c4)c4ccccc4n5-c4nc5c6c(cccc6n4)Oc4c-5ccc5ccccc45)ccc32)cc1. The second-order valence-electron chi connectivity index (χ2n) is 13.8. The summed E-state index contributed by atoms with van der Waals surface area (Å²) < 4.78 is 11.1. The van der Waals surface area contributed by atoms with Gasteiger partial charge in [0.1, 0.15) is 11.5 Å². The van der Waals surface area contributed by atoms with Gasteiger partial charge in [-0.3, -0.25) is 4.57 Å². The zero-order valence-corrected chi connectivity index (χ0v) is 28.4. The molecule has 0 saturated carbocycles. The standard InChI is InChI=1S/C48H28N4O/c1-2-12-32(13-3-1)51-40-18-8-6-15-34(40)37-27-30(22-25-42(37)51)31-23-26-43-38(28-31)35-16-7-9-19-41(35)52(43)48-49-39-17-10-20-44-45(39)46(50-48)36-24-21-29-11-4-5-14-33(29)47(36)53-44/h1-28H. The van der Waals surface area contributed by atoms with E-state index >= 15 is 0 Å². The fourth-order valence-corrected chi connectivity index (χ4v) is 8.54. The topological polar surface area (TPSA) is 44.9 Å². The van der Waals surface area contributed by atoms with Gasteiger partial charge >= 0.3 is 0 Å². The first kappa shape index (κ1) is 28.5. The Morgan fingerprint density at radius 3 is 1.81 bits per heavy atom. The van der Waals surface area contributed by atoms with Gasteiger partial charge in [0.25, 0.3) is 0 Å². The molecule has 12 rings (SSSR count). The van der Waals surface area contributed by atoms with E-state index in [0.29, 0.717) is 5.95 Å². The van der Waals surface area contributed by atoms with Crippen LogP contribution in [0.5, 0.6) is 11.5 Å². The molecular weight excluding hydrogens is 649 g/mol. The molecule has 1 aliphatic heterocycles. The Labute approximate surface area is 303 Å². The Bertz CT molecular complexity index is 3320. The van der Waals surface area contributed by atoms with Crippen LogP contribution in [0.15, 0.2) is 170 Å². The summed E-state index contributed by atoms with van der Waals surface area (Å²) in [5.74, 6) is 2.26. The normalized spacial score (nSPS) is 12.3. The van der Waals surface area contributed by atoms with E-state index in [1.165, 1.54) is 27.4 Å². The highest BCUT2D eigenvalue weighted by atomic mass is 16.5. The van der Waals surface area contributed by atoms with Crippen molar-refractivity contribution in [2.75, 3.05) is 0 Å². The molecule has 53 heavy (non-hydrogen) atoms. The van der Waals surface area contributed by atoms with Crippen molar-refractivity contribution in [2.45, 2.75) is 0 Å². The van der Waals surface area contributed by atoms with E-state index in [9.17, 15) is 0 Å². The molecule has 1 aliphatic rings. The van der Waals surface area contributed by atoms with E-state index in [1.54, 1.807) is 0 Å². The predicted octanol–water partition coefficient (Wildman–Crippen LogP) is 12.4. The first-order chi connectivity index (χ1) is 26.3. The monoisotopic (exact) mass is 676 g/mol. The van der Waals surface area contributed by atoms with Crippen molar-refractivity contribution in [3.05, 3.63) is 170 Å². The van der Waals surface area contributed by atoms with Gasteiger partial charge in [-0.05, 0) is 83.2 Å². The summed E-state index contributed by atoms with van der Waals surface area (Å²) in [6.07, 6.45) is 0. The lowest BCUT2D eigenvalue weighted by Crippen LogP contribution is -2.06. The number of nitrogens with zero attached hydrogens (tertiary/aromatic N) is 4. The number of aromatic nitrogens is 4. The number of fused-ring (bicyclic) bond motifs is 10. The minimum absolute atomic E-state index is 0.639. The van der Waals surface area contributed by atoms with Crippen LogP contribution in [0.2, 0.25) is 0 Å². The van der Waals surface area contributed by atoms with Crippen molar-refractivity contribution in [3.8, 4) is 45.5 Å². The van der Waals surface area contributed by atoms with Crippen LogP contribution in [0.4, 0.5) is 0 Å². The van der Waals surface area contributed by atoms with Gasteiger partial charge in [0, 0.05) is 38.2 Å². The van der Waals surface area contributed by atoms with Crippen molar-refractivity contribution in [1.82, 2.24) is 19.1 Å². The van der Waals surface area contributed by atoms with Gasteiger partial charge in [0.05, 0.1) is 38.7 Å². The van der Waals surface area contributed by atoms with Crippen LogP contribution in [0, 0.1) is 0 Å². The smallest absolute Gasteiger partial charge is 0.235 e. The van der Waals surface area contributed by atoms with E-state index in [0.717, 1.165) is 77.5 Å². The van der Waals surface area contributed by atoms with E-state index in [2.05, 4.69) is 167 Å². The van der Waals surface area contributed by atoms with Crippen LogP contribution in [0.1, 0.15) is 0 Å². The van der Waals surface area contributed by atoms with E-state index < -0.39 is 0 Å². The minimum Gasteiger partial charge on any atom is -0.455 e. The van der Waals surface area contributed by atoms with Crippen LogP contribution in [-0.2, 0) is 0 Å². The molecule has 4 heterocycles. The Morgan fingerprint density at radius 2 is 1.06 bits per heavy atom. The van der Waals surface area contributed by atoms with Crippen molar-refractivity contribution in [3.63, 3.8) is 0 Å². The molecule has 0 amide bonds. The maximum atomic E-state index is 6.58. The highest BCUT2D eigenvalue weighted by molar-refractivity contribution is 6.13. The quantitative estimate of drug-likeness (QED) is 0.187. The largest absolute Gasteiger partial charge is 0.455 e. The van der Waals surface area contributed by atoms with Gasteiger partial charge in [-0.2, -0.15) is 0 Å². The average molecular weight is 677 g/mol. The molecule has 0 radical (unpaired) electrons. The van der Waals surface area contributed by atoms with Crippen LogP contribution in [0.3, 0.4) is 0 Å². The summed E-state index contributed by atoms with van der Waals surface area (Å²) in [5, 5.41) is 7.94. The Balaban J connectivity index is 1.06. The van der Waals surface area contributed by atoms with Gasteiger partial charge in [-0.15, -0.1) is 0 Å². The number of benzene rings is 8. The fourth-order valence-electron chi connectivity index (χ4n) is 8.54. The Morgan fingerprint density at radius 1 is 0.434 bits per heavy atom. The molecule has 5 nitrogen and oxygen atoms in total. The molecular formula is C48H28N4O. The molecule has 5 heteroatoms. The zero-order valence-electron chi connectivity index (χ0n) is 28.4. The lowest BCUT2D eigenvalue weighted by molar-refractivity contribution is 0.492. The molecule has 0 saturated heterocycles. The third-order valence-corrected chi connectivity index (χ3v) is 10.9. The van der Waals surface area contributed by atoms with E-state index in [4.69, 9.17) is 14.7 Å². The van der Waals surface area contributed by atoms with Gasteiger partial charge in [0.2, 0.25) is 5.95 Å². The van der Waals surface area contributed by atoms with Crippen molar-refractivity contribution < 1.29 is 4.74 Å². The Hall–Kier alpha value is -7.24. The number of ether oxygens (including phenoxy) is 1. The first-order valence-electron chi connectivity index (χ1n) is 17.9. The highest BCUT2D eigenvalue weighted by Crippen LogP contribution is 2.48.